The number of amidine groups is 1. The van der Waals surface area contributed by atoms with Crippen molar-refractivity contribution in [2.75, 3.05) is 12.9 Å². The lowest BCUT2D eigenvalue weighted by atomic mass is 9.93. The molecular formula is C14H18N2O6S. The van der Waals surface area contributed by atoms with Gasteiger partial charge >= 0.3 is 16.1 Å². The molecule has 23 heavy (non-hydrogen) atoms. The van der Waals surface area contributed by atoms with E-state index in [1.165, 1.54) is 0 Å². The number of nitrogens with zero attached hydrogens (tertiary/aromatic N) is 1. The van der Waals surface area contributed by atoms with Crippen LogP contribution in [0.3, 0.4) is 0 Å². The number of benzene rings is 1. The zero-order valence-corrected chi connectivity index (χ0v) is 13.6. The Bertz CT molecular complexity index is 684. The van der Waals surface area contributed by atoms with Crippen molar-refractivity contribution in [3.05, 3.63) is 35.9 Å². The fourth-order valence-electron chi connectivity index (χ4n) is 1.75. The Morgan fingerprint density at radius 3 is 2.39 bits per heavy atom. The van der Waals surface area contributed by atoms with Crippen molar-refractivity contribution < 1.29 is 27.0 Å². The van der Waals surface area contributed by atoms with E-state index in [1.54, 1.807) is 37.3 Å². The molecule has 0 heterocycles. The molecule has 0 bridgehead atoms. The van der Waals surface area contributed by atoms with Gasteiger partial charge in [0.1, 0.15) is 11.8 Å². The zero-order chi connectivity index (χ0) is 17.5. The summed E-state index contributed by atoms with van der Waals surface area (Å²) in [4.78, 5) is 24.4. The Hall–Kier alpha value is -2.42. The summed E-state index contributed by atoms with van der Waals surface area (Å²) in [5, 5.41) is 3.15. The van der Waals surface area contributed by atoms with Gasteiger partial charge in [-0.1, -0.05) is 35.5 Å². The Labute approximate surface area is 134 Å². The second-order valence-corrected chi connectivity index (χ2v) is 6.16. The fourth-order valence-corrected chi connectivity index (χ4v) is 1.98. The summed E-state index contributed by atoms with van der Waals surface area (Å²) in [6.45, 7) is 1.75. The van der Waals surface area contributed by atoms with Crippen molar-refractivity contribution >= 4 is 27.7 Å². The average Bonchev–Trinajstić information content (AvgIpc) is 2.46. The number of hydrogen-bond acceptors (Lipinski definition) is 7. The van der Waals surface area contributed by atoms with E-state index in [1.807, 2.05) is 0 Å². The van der Waals surface area contributed by atoms with Crippen LogP contribution in [-0.4, -0.2) is 38.9 Å². The number of carbonyl (C=O) groups is 2. The standard InChI is InChI=1S/C14H18N2O6S/c1-3-21-14(18)13(10-7-5-4-6-8-10)11(17)9-12(15)16-22-23(2,19)20/h4-8,13H,3,9H2,1-2H3,(H2,15,16). The van der Waals surface area contributed by atoms with Gasteiger partial charge in [0.15, 0.2) is 5.78 Å². The third kappa shape index (κ3) is 6.47. The fraction of sp³-hybridized carbons (Fsp3) is 0.357. The lowest BCUT2D eigenvalue weighted by molar-refractivity contribution is -0.147. The third-order valence-electron chi connectivity index (χ3n) is 2.62. The van der Waals surface area contributed by atoms with Gasteiger partial charge < -0.3 is 10.5 Å². The first-order chi connectivity index (χ1) is 10.7. The molecule has 0 saturated carbocycles. The summed E-state index contributed by atoms with van der Waals surface area (Å²) in [6, 6.07) is 8.32. The molecule has 0 radical (unpaired) electrons. The highest BCUT2D eigenvalue weighted by atomic mass is 32.2. The molecule has 0 saturated heterocycles. The van der Waals surface area contributed by atoms with Crippen molar-refractivity contribution in [3.8, 4) is 0 Å². The lowest BCUT2D eigenvalue weighted by Gasteiger charge is -2.14. The lowest BCUT2D eigenvalue weighted by Crippen LogP contribution is -2.28. The minimum Gasteiger partial charge on any atom is -0.465 e. The third-order valence-corrected chi connectivity index (χ3v) is 2.97. The highest BCUT2D eigenvalue weighted by molar-refractivity contribution is 7.85. The highest BCUT2D eigenvalue weighted by Gasteiger charge is 2.30. The Balaban J connectivity index is 2.95. The SMILES string of the molecule is CCOC(=O)C(C(=O)C/C(N)=N/OS(C)(=O)=O)c1ccccc1. The number of hydrogen-bond donors (Lipinski definition) is 1. The van der Waals surface area contributed by atoms with Crippen molar-refractivity contribution in [1.29, 1.82) is 0 Å². The maximum absolute atomic E-state index is 12.3. The molecule has 0 fully saturated rings. The number of oxime groups is 1. The molecule has 8 nitrogen and oxygen atoms in total. The molecule has 0 aliphatic heterocycles. The maximum Gasteiger partial charge on any atom is 0.325 e. The summed E-state index contributed by atoms with van der Waals surface area (Å²) in [5.41, 5.74) is 5.91. The van der Waals surface area contributed by atoms with Gasteiger partial charge in [-0.2, -0.15) is 8.42 Å². The molecule has 2 N–H and O–H groups in total. The number of ether oxygens (including phenoxy) is 1. The number of ketones is 1. The minimum absolute atomic E-state index is 0.121. The van der Waals surface area contributed by atoms with Crippen LogP contribution >= 0.6 is 0 Å². The second-order valence-electron chi connectivity index (χ2n) is 4.60. The van der Waals surface area contributed by atoms with Crippen LogP contribution in [0, 0.1) is 0 Å². The molecule has 1 rings (SSSR count). The van der Waals surface area contributed by atoms with Crippen LogP contribution in [-0.2, 0) is 28.7 Å². The topological polar surface area (TPSA) is 125 Å². The van der Waals surface area contributed by atoms with Gasteiger partial charge in [-0.3, -0.25) is 13.9 Å². The van der Waals surface area contributed by atoms with Crippen LogP contribution in [0.1, 0.15) is 24.8 Å². The van der Waals surface area contributed by atoms with Gasteiger partial charge in [0.2, 0.25) is 0 Å². The summed E-state index contributed by atoms with van der Waals surface area (Å²) in [7, 11) is -3.82. The van der Waals surface area contributed by atoms with Crippen molar-refractivity contribution in [2.45, 2.75) is 19.3 Å². The average molecular weight is 342 g/mol. The van der Waals surface area contributed by atoms with E-state index in [0.29, 0.717) is 5.56 Å². The van der Waals surface area contributed by atoms with Crippen LogP contribution in [0.15, 0.2) is 35.5 Å². The molecule has 0 aromatic heterocycles. The first-order valence-corrected chi connectivity index (χ1v) is 8.51. The van der Waals surface area contributed by atoms with Crippen molar-refractivity contribution in [1.82, 2.24) is 0 Å². The number of rotatable bonds is 8. The highest BCUT2D eigenvalue weighted by Crippen LogP contribution is 2.20. The van der Waals surface area contributed by atoms with Gasteiger partial charge in [0.25, 0.3) is 0 Å². The van der Waals surface area contributed by atoms with E-state index in [2.05, 4.69) is 9.44 Å². The minimum atomic E-state index is -3.82. The molecule has 1 unspecified atom stereocenters. The molecular weight excluding hydrogens is 324 g/mol. The first kappa shape index (κ1) is 18.6. The van der Waals surface area contributed by atoms with Gasteiger partial charge in [-0.15, -0.1) is 0 Å². The van der Waals surface area contributed by atoms with Crippen LogP contribution in [0.25, 0.3) is 0 Å². The number of esters is 1. The normalized spacial score (nSPS) is 13.2. The van der Waals surface area contributed by atoms with E-state index >= 15 is 0 Å². The maximum atomic E-state index is 12.3. The van der Waals surface area contributed by atoms with Gasteiger partial charge in [0.05, 0.1) is 19.3 Å². The summed E-state index contributed by atoms with van der Waals surface area (Å²) in [6.07, 6.45) is 0.338. The molecule has 0 aliphatic carbocycles. The monoisotopic (exact) mass is 342 g/mol. The number of carbonyl (C=O) groups excluding carboxylic acids is 2. The first-order valence-electron chi connectivity index (χ1n) is 6.70. The molecule has 1 aromatic rings. The van der Waals surface area contributed by atoms with E-state index in [-0.39, 0.29) is 12.4 Å². The summed E-state index contributed by atoms with van der Waals surface area (Å²) < 4.78 is 30.7. The van der Waals surface area contributed by atoms with Crippen molar-refractivity contribution in [2.24, 2.45) is 10.9 Å². The summed E-state index contributed by atoms with van der Waals surface area (Å²) >= 11 is 0. The van der Waals surface area contributed by atoms with Crippen molar-refractivity contribution in [3.63, 3.8) is 0 Å². The number of Topliss-reactive ketones (excluding diaryl/α,β-unsaturated/α-hetero) is 1. The van der Waals surface area contributed by atoms with E-state index in [9.17, 15) is 18.0 Å². The zero-order valence-electron chi connectivity index (χ0n) is 12.8. The summed E-state index contributed by atoms with van der Waals surface area (Å²) in [5.74, 6) is -2.80. The predicted molar refractivity (Wildman–Crippen MR) is 83.0 cm³/mol. The molecule has 1 atom stereocenters. The smallest absolute Gasteiger partial charge is 0.325 e. The van der Waals surface area contributed by atoms with Crippen LogP contribution in [0.2, 0.25) is 0 Å². The van der Waals surface area contributed by atoms with Gasteiger partial charge in [-0.25, -0.2) is 0 Å². The quantitative estimate of drug-likeness (QED) is 0.240. The molecule has 0 spiro atoms. The Morgan fingerprint density at radius 1 is 1.26 bits per heavy atom. The largest absolute Gasteiger partial charge is 0.465 e. The molecule has 0 aliphatic rings. The Kier molecular flexibility index (Phi) is 6.70. The van der Waals surface area contributed by atoms with E-state index in [4.69, 9.17) is 10.5 Å². The van der Waals surface area contributed by atoms with Crippen LogP contribution in [0.5, 0.6) is 0 Å². The van der Waals surface area contributed by atoms with Crippen LogP contribution in [0.4, 0.5) is 0 Å². The number of nitrogens with two attached hydrogens (primary N) is 1. The van der Waals surface area contributed by atoms with E-state index < -0.39 is 34.2 Å². The van der Waals surface area contributed by atoms with Gasteiger partial charge in [0, 0.05) is 0 Å². The molecule has 1 aromatic carbocycles. The molecule has 126 valence electrons. The van der Waals surface area contributed by atoms with E-state index in [0.717, 1.165) is 6.26 Å². The Morgan fingerprint density at radius 2 is 1.87 bits per heavy atom. The van der Waals surface area contributed by atoms with Crippen LogP contribution < -0.4 is 5.73 Å². The predicted octanol–water partition coefficient (Wildman–Crippen LogP) is 0.541. The second kappa shape index (κ2) is 8.28. The molecule has 0 amide bonds. The van der Waals surface area contributed by atoms with Gasteiger partial charge in [-0.05, 0) is 12.5 Å². The molecule has 9 heteroatoms.